The third-order valence-electron chi connectivity index (χ3n) is 2.80. The fraction of sp³-hybridized carbons (Fsp3) is 0. The lowest BCUT2D eigenvalue weighted by molar-refractivity contribution is -0.384. The molecule has 0 aliphatic heterocycles. The number of amides is 1. The SMILES string of the molecule is N#C/C(=C/c1ccc(-c2cc(Cl)c([N+](=O)[O-])cc2Cl)o1)C(N)=O. The highest BCUT2D eigenvalue weighted by Crippen LogP contribution is 2.37. The molecular weight excluding hydrogens is 345 g/mol. The Morgan fingerprint density at radius 3 is 2.61 bits per heavy atom. The molecule has 0 spiro atoms. The van der Waals surface area contributed by atoms with Crippen molar-refractivity contribution in [3.05, 3.63) is 55.8 Å². The van der Waals surface area contributed by atoms with Gasteiger partial charge in [-0.3, -0.25) is 14.9 Å². The molecule has 116 valence electrons. The Bertz CT molecular complexity index is 881. The third-order valence-corrected chi connectivity index (χ3v) is 3.41. The predicted molar refractivity (Wildman–Crippen MR) is 83.6 cm³/mol. The number of carbonyl (C=O) groups excluding carboxylic acids is 1. The summed E-state index contributed by atoms with van der Waals surface area (Å²) < 4.78 is 5.44. The van der Waals surface area contributed by atoms with E-state index in [1.165, 1.54) is 24.3 Å². The van der Waals surface area contributed by atoms with Crippen LogP contribution in [0.1, 0.15) is 5.76 Å². The summed E-state index contributed by atoms with van der Waals surface area (Å²) in [5, 5.41) is 19.6. The predicted octanol–water partition coefficient (Wildman–Crippen LogP) is 3.55. The Balaban J connectivity index is 2.46. The van der Waals surface area contributed by atoms with Gasteiger partial charge in [0, 0.05) is 17.7 Å². The van der Waals surface area contributed by atoms with E-state index < -0.39 is 10.8 Å². The molecule has 0 saturated heterocycles. The number of hydrogen-bond donors (Lipinski definition) is 1. The van der Waals surface area contributed by atoms with Crippen LogP contribution in [0.5, 0.6) is 0 Å². The monoisotopic (exact) mass is 351 g/mol. The summed E-state index contributed by atoms with van der Waals surface area (Å²) in [4.78, 5) is 21.1. The minimum absolute atomic E-state index is 0.0707. The van der Waals surface area contributed by atoms with Crippen molar-refractivity contribution >= 4 is 40.9 Å². The van der Waals surface area contributed by atoms with Gasteiger partial charge in [-0.25, -0.2) is 0 Å². The van der Waals surface area contributed by atoms with Crippen molar-refractivity contribution in [3.8, 4) is 17.4 Å². The smallest absolute Gasteiger partial charge is 0.289 e. The molecule has 1 heterocycles. The van der Waals surface area contributed by atoms with Crippen LogP contribution in [-0.4, -0.2) is 10.8 Å². The van der Waals surface area contributed by atoms with Crippen molar-refractivity contribution in [2.75, 3.05) is 0 Å². The number of halogens is 2. The van der Waals surface area contributed by atoms with Crippen LogP contribution in [0.4, 0.5) is 5.69 Å². The highest BCUT2D eigenvalue weighted by molar-refractivity contribution is 6.36. The molecule has 2 N–H and O–H groups in total. The number of nitrogens with two attached hydrogens (primary N) is 1. The van der Waals surface area contributed by atoms with Crippen molar-refractivity contribution in [3.63, 3.8) is 0 Å². The number of benzene rings is 1. The highest BCUT2D eigenvalue weighted by Gasteiger charge is 2.18. The van der Waals surface area contributed by atoms with Crippen molar-refractivity contribution in [2.24, 2.45) is 5.73 Å². The molecule has 2 rings (SSSR count). The van der Waals surface area contributed by atoms with Crippen LogP contribution in [0.2, 0.25) is 10.0 Å². The van der Waals surface area contributed by atoms with Crippen molar-refractivity contribution in [2.45, 2.75) is 0 Å². The second-order valence-corrected chi connectivity index (χ2v) is 5.09. The average molecular weight is 352 g/mol. The summed E-state index contributed by atoms with van der Waals surface area (Å²) in [5.74, 6) is -0.428. The fourth-order valence-corrected chi connectivity index (χ4v) is 2.22. The van der Waals surface area contributed by atoms with Gasteiger partial charge >= 0.3 is 0 Å². The summed E-state index contributed by atoms with van der Waals surface area (Å²) in [6.45, 7) is 0. The van der Waals surface area contributed by atoms with Crippen LogP contribution in [0.15, 0.2) is 34.3 Å². The molecule has 23 heavy (non-hydrogen) atoms. The molecule has 1 amide bonds. The van der Waals surface area contributed by atoms with Gasteiger partial charge in [-0.2, -0.15) is 5.26 Å². The number of furan rings is 1. The zero-order chi connectivity index (χ0) is 17.1. The van der Waals surface area contributed by atoms with Crippen LogP contribution >= 0.6 is 23.2 Å². The largest absolute Gasteiger partial charge is 0.457 e. The third kappa shape index (κ3) is 3.51. The molecular formula is C14H7Cl2N3O4. The number of hydrogen-bond acceptors (Lipinski definition) is 5. The summed E-state index contributed by atoms with van der Waals surface area (Å²) in [6, 6.07) is 7.06. The van der Waals surface area contributed by atoms with Gasteiger partial charge in [-0.05, 0) is 18.2 Å². The zero-order valence-corrected chi connectivity index (χ0v) is 12.8. The van der Waals surface area contributed by atoms with Gasteiger partial charge in [-0.15, -0.1) is 0 Å². The number of nitro benzene ring substituents is 1. The number of nitriles is 1. The minimum Gasteiger partial charge on any atom is -0.457 e. The first-order valence-corrected chi connectivity index (χ1v) is 6.74. The van der Waals surface area contributed by atoms with Crippen molar-refractivity contribution in [1.29, 1.82) is 5.26 Å². The normalized spacial score (nSPS) is 11.1. The number of primary amides is 1. The van der Waals surface area contributed by atoms with E-state index >= 15 is 0 Å². The molecule has 0 saturated carbocycles. The summed E-state index contributed by atoms with van der Waals surface area (Å²) in [5.41, 5.74) is 4.76. The maximum absolute atomic E-state index is 11.0. The first kappa shape index (κ1) is 16.5. The molecule has 2 aromatic rings. The van der Waals surface area contributed by atoms with E-state index in [2.05, 4.69) is 0 Å². The molecule has 0 unspecified atom stereocenters. The van der Waals surface area contributed by atoms with Gasteiger partial charge in [0.15, 0.2) is 0 Å². The fourth-order valence-electron chi connectivity index (χ4n) is 1.74. The molecule has 7 nitrogen and oxygen atoms in total. The van der Waals surface area contributed by atoms with Gasteiger partial charge in [0.2, 0.25) is 0 Å². The second-order valence-electron chi connectivity index (χ2n) is 4.28. The van der Waals surface area contributed by atoms with Gasteiger partial charge in [0.05, 0.1) is 9.95 Å². The van der Waals surface area contributed by atoms with Crippen LogP contribution < -0.4 is 5.73 Å². The lowest BCUT2D eigenvalue weighted by Crippen LogP contribution is -2.12. The van der Waals surface area contributed by atoms with Crippen LogP contribution in [0.25, 0.3) is 17.4 Å². The van der Waals surface area contributed by atoms with E-state index in [1.807, 2.05) is 0 Å². The molecule has 1 aromatic heterocycles. The summed E-state index contributed by atoms with van der Waals surface area (Å²) in [7, 11) is 0. The molecule has 0 aliphatic carbocycles. The van der Waals surface area contributed by atoms with E-state index in [0.717, 1.165) is 6.07 Å². The Morgan fingerprint density at radius 2 is 2.04 bits per heavy atom. The lowest BCUT2D eigenvalue weighted by Gasteiger charge is -2.02. The van der Waals surface area contributed by atoms with Gasteiger partial charge in [0.1, 0.15) is 28.2 Å². The first-order chi connectivity index (χ1) is 10.8. The molecule has 9 heteroatoms. The maximum Gasteiger partial charge on any atom is 0.289 e. The van der Waals surface area contributed by atoms with Crippen molar-refractivity contribution in [1.82, 2.24) is 0 Å². The molecule has 1 aromatic carbocycles. The number of rotatable bonds is 4. The summed E-state index contributed by atoms with van der Waals surface area (Å²) in [6.07, 6.45) is 1.17. The van der Waals surface area contributed by atoms with E-state index in [-0.39, 0.29) is 32.8 Å². The molecule has 0 fully saturated rings. The van der Waals surface area contributed by atoms with E-state index in [9.17, 15) is 14.9 Å². The van der Waals surface area contributed by atoms with Crippen LogP contribution in [0.3, 0.4) is 0 Å². The molecule has 0 bridgehead atoms. The van der Waals surface area contributed by atoms with E-state index in [4.69, 9.17) is 38.6 Å². The number of nitrogens with zero attached hydrogens (tertiary/aromatic N) is 2. The molecule has 0 atom stereocenters. The Hall–Kier alpha value is -2.82. The lowest BCUT2D eigenvalue weighted by atomic mass is 10.1. The Labute approximate surface area is 139 Å². The molecule has 0 aliphatic rings. The van der Waals surface area contributed by atoms with Gasteiger partial charge < -0.3 is 10.2 Å². The standard InChI is InChI=1S/C14H7Cl2N3O4/c15-10-5-12(19(21)22)11(16)4-9(10)13-2-1-8(23-13)3-7(6-17)14(18)20/h1-5H,(H2,18,20)/b7-3-. The second kappa shape index (κ2) is 6.52. The summed E-state index contributed by atoms with van der Waals surface area (Å²) >= 11 is 11.9. The first-order valence-electron chi connectivity index (χ1n) is 5.98. The maximum atomic E-state index is 11.0. The highest BCUT2D eigenvalue weighted by atomic mass is 35.5. The quantitative estimate of drug-likeness (QED) is 0.390. The average Bonchev–Trinajstić information content (AvgIpc) is 2.94. The molecule has 0 radical (unpaired) electrons. The van der Waals surface area contributed by atoms with Crippen LogP contribution in [-0.2, 0) is 4.79 Å². The van der Waals surface area contributed by atoms with Gasteiger partial charge in [0.25, 0.3) is 11.6 Å². The zero-order valence-electron chi connectivity index (χ0n) is 11.2. The Morgan fingerprint density at radius 1 is 1.35 bits per heavy atom. The van der Waals surface area contributed by atoms with Gasteiger partial charge in [-0.1, -0.05) is 23.2 Å². The van der Waals surface area contributed by atoms with E-state index in [0.29, 0.717) is 5.56 Å². The van der Waals surface area contributed by atoms with Crippen LogP contribution in [0, 0.1) is 21.4 Å². The minimum atomic E-state index is -0.887. The number of nitro groups is 1. The van der Waals surface area contributed by atoms with E-state index in [1.54, 1.807) is 6.07 Å². The topological polar surface area (TPSA) is 123 Å². The number of carbonyl (C=O) groups is 1. The van der Waals surface area contributed by atoms with Crippen molar-refractivity contribution < 1.29 is 14.1 Å². The Kier molecular flexibility index (Phi) is 4.69.